The summed E-state index contributed by atoms with van der Waals surface area (Å²) in [5.41, 5.74) is 7.82. The maximum atomic E-state index is 12.4. The van der Waals surface area contributed by atoms with E-state index >= 15 is 0 Å². The van der Waals surface area contributed by atoms with Crippen LogP contribution in [0.4, 0.5) is 5.69 Å². The van der Waals surface area contributed by atoms with Gasteiger partial charge in [0.25, 0.3) is 5.91 Å². The number of nitrogens with zero attached hydrogens (tertiary/aromatic N) is 2. The van der Waals surface area contributed by atoms with Gasteiger partial charge in [0, 0.05) is 23.7 Å². The average molecular weight is 557 g/mol. The van der Waals surface area contributed by atoms with Crippen molar-refractivity contribution in [3.63, 3.8) is 0 Å². The fourth-order valence-corrected chi connectivity index (χ4v) is 4.58. The number of nitrogens with two attached hydrogens (primary N) is 1. The second kappa shape index (κ2) is 13.1. The highest BCUT2D eigenvalue weighted by Crippen LogP contribution is 2.36. The van der Waals surface area contributed by atoms with Crippen LogP contribution >= 0.6 is 0 Å². The largest absolute Gasteiger partial charge is 0.493 e. The normalized spacial score (nSPS) is 13.9. The number of carbonyl (C=O) groups excluding carboxylic acids is 2. The lowest BCUT2D eigenvalue weighted by Gasteiger charge is -2.17. The van der Waals surface area contributed by atoms with E-state index in [0.29, 0.717) is 51.7 Å². The van der Waals surface area contributed by atoms with Crippen molar-refractivity contribution in [3.05, 3.63) is 78.6 Å². The summed E-state index contributed by atoms with van der Waals surface area (Å²) in [6.07, 6.45) is 5.63. The number of anilines is 1. The first-order valence-corrected chi connectivity index (χ1v) is 13.6. The molecular weight excluding hydrogens is 524 g/mol. The number of esters is 1. The second-order valence-electron chi connectivity index (χ2n) is 9.73. The minimum atomic E-state index is -0.762. The van der Waals surface area contributed by atoms with Gasteiger partial charge in [0.05, 0.1) is 24.6 Å². The molecule has 1 amide bonds. The Morgan fingerprint density at radius 3 is 2.49 bits per heavy atom. The smallest absolute Gasteiger partial charge is 0.323 e. The first kappa shape index (κ1) is 27.9. The number of rotatable bonds is 11. The first-order valence-electron chi connectivity index (χ1n) is 13.6. The minimum absolute atomic E-state index is 0.0235. The predicted molar refractivity (Wildman–Crippen MR) is 153 cm³/mol. The van der Waals surface area contributed by atoms with Gasteiger partial charge in [0.2, 0.25) is 5.88 Å². The van der Waals surface area contributed by atoms with Crippen LogP contribution in [-0.4, -0.2) is 47.7 Å². The Bertz CT molecular complexity index is 1490. The van der Waals surface area contributed by atoms with Gasteiger partial charge in [-0.15, -0.1) is 0 Å². The molecule has 1 heterocycles. The molecule has 1 aromatic heterocycles. The zero-order chi connectivity index (χ0) is 28.6. The van der Waals surface area contributed by atoms with E-state index in [1.54, 1.807) is 48.5 Å². The van der Waals surface area contributed by atoms with Crippen LogP contribution in [0.15, 0.2) is 73.1 Å². The first-order chi connectivity index (χ1) is 20.0. The summed E-state index contributed by atoms with van der Waals surface area (Å²) in [6.45, 7) is 0.199. The fraction of sp³-hybridized carbons (Fsp3) is 0.290. The topological polar surface area (TPSA) is 135 Å². The summed E-state index contributed by atoms with van der Waals surface area (Å²) in [5.74, 6) is 1.18. The van der Waals surface area contributed by atoms with E-state index in [1.807, 2.05) is 18.2 Å². The number of hydrogen-bond acceptors (Lipinski definition) is 9. The van der Waals surface area contributed by atoms with Crippen molar-refractivity contribution in [2.45, 2.75) is 44.2 Å². The van der Waals surface area contributed by atoms with Crippen molar-refractivity contribution < 1.29 is 28.5 Å². The molecule has 1 saturated carbocycles. The fourth-order valence-electron chi connectivity index (χ4n) is 4.58. The van der Waals surface area contributed by atoms with Gasteiger partial charge in [-0.2, -0.15) is 0 Å². The number of carbonyl (C=O) groups is 2. The van der Waals surface area contributed by atoms with Crippen LogP contribution in [0, 0.1) is 0 Å². The highest BCUT2D eigenvalue weighted by molar-refractivity contribution is 6.04. The van der Waals surface area contributed by atoms with Gasteiger partial charge in [-0.05, 0) is 68.1 Å². The van der Waals surface area contributed by atoms with E-state index in [2.05, 4.69) is 15.3 Å². The Labute approximate surface area is 237 Å². The van der Waals surface area contributed by atoms with Crippen molar-refractivity contribution in [2.75, 3.05) is 19.0 Å². The van der Waals surface area contributed by atoms with Gasteiger partial charge in [0.1, 0.15) is 24.2 Å². The lowest BCUT2D eigenvalue weighted by atomic mass is 10.2. The Balaban J connectivity index is 1.22. The van der Waals surface area contributed by atoms with E-state index in [9.17, 15) is 9.59 Å². The van der Waals surface area contributed by atoms with Gasteiger partial charge in [-0.3, -0.25) is 9.59 Å². The van der Waals surface area contributed by atoms with Gasteiger partial charge >= 0.3 is 5.97 Å². The van der Waals surface area contributed by atoms with Gasteiger partial charge < -0.3 is 30.0 Å². The van der Waals surface area contributed by atoms with E-state index in [0.717, 1.165) is 25.7 Å². The molecule has 0 bridgehead atoms. The van der Waals surface area contributed by atoms with Crippen LogP contribution in [-0.2, 0) is 9.53 Å². The Morgan fingerprint density at radius 1 is 1.00 bits per heavy atom. The summed E-state index contributed by atoms with van der Waals surface area (Å²) in [5, 5.41) is 3.48. The van der Waals surface area contributed by atoms with Crippen molar-refractivity contribution >= 4 is 28.5 Å². The van der Waals surface area contributed by atoms with Crippen LogP contribution in [0.2, 0.25) is 0 Å². The number of methoxy groups -OCH3 is 1. The third-order valence-electron chi connectivity index (χ3n) is 6.82. The van der Waals surface area contributed by atoms with Gasteiger partial charge in [-0.1, -0.05) is 18.2 Å². The molecule has 1 aliphatic carbocycles. The summed E-state index contributed by atoms with van der Waals surface area (Å²) in [4.78, 5) is 33.3. The van der Waals surface area contributed by atoms with Gasteiger partial charge in [-0.25, -0.2) is 9.97 Å². The van der Waals surface area contributed by atoms with Crippen molar-refractivity contribution in [1.29, 1.82) is 0 Å². The third kappa shape index (κ3) is 7.09. The maximum absolute atomic E-state index is 12.4. The van der Waals surface area contributed by atoms with Crippen LogP contribution in [0.1, 0.15) is 42.5 Å². The molecule has 0 radical (unpaired) electrons. The Morgan fingerprint density at radius 2 is 1.76 bits per heavy atom. The second-order valence-corrected chi connectivity index (χ2v) is 9.73. The zero-order valence-electron chi connectivity index (χ0n) is 22.7. The molecule has 10 heteroatoms. The Kier molecular flexibility index (Phi) is 8.90. The Hall–Kier alpha value is -4.70. The van der Waals surface area contributed by atoms with E-state index in [4.69, 9.17) is 24.7 Å². The molecule has 3 aromatic carbocycles. The number of hydrogen-bond donors (Lipinski definition) is 2. The molecule has 1 fully saturated rings. The summed E-state index contributed by atoms with van der Waals surface area (Å²) >= 11 is 0. The van der Waals surface area contributed by atoms with Crippen LogP contribution in [0.5, 0.6) is 23.1 Å². The van der Waals surface area contributed by atoms with E-state index in [-0.39, 0.29) is 18.6 Å². The molecule has 0 unspecified atom stereocenters. The highest BCUT2D eigenvalue weighted by Gasteiger charge is 2.23. The number of fused-ring (bicyclic) bond motifs is 1. The molecule has 10 nitrogen and oxygen atoms in total. The maximum Gasteiger partial charge on any atom is 0.323 e. The molecule has 0 saturated heterocycles. The summed E-state index contributed by atoms with van der Waals surface area (Å²) in [7, 11) is 1.53. The van der Waals surface area contributed by atoms with Crippen LogP contribution in [0.3, 0.4) is 0 Å². The molecule has 212 valence electrons. The predicted octanol–water partition coefficient (Wildman–Crippen LogP) is 5.27. The quantitative estimate of drug-likeness (QED) is 0.237. The molecule has 1 atom stereocenters. The van der Waals surface area contributed by atoms with Crippen LogP contribution < -0.4 is 25.3 Å². The van der Waals surface area contributed by atoms with Crippen LogP contribution in [0.25, 0.3) is 10.9 Å². The van der Waals surface area contributed by atoms with Gasteiger partial charge in [0.15, 0.2) is 11.5 Å². The molecule has 3 N–H and O–H groups in total. The number of aromatic nitrogens is 2. The van der Waals surface area contributed by atoms with Crippen molar-refractivity contribution in [2.24, 2.45) is 5.73 Å². The molecule has 5 rings (SSSR count). The number of benzene rings is 3. The number of nitrogens with one attached hydrogen (secondary N) is 1. The number of ether oxygens (including phenoxy) is 4. The summed E-state index contributed by atoms with van der Waals surface area (Å²) in [6, 6.07) is 18.7. The summed E-state index contributed by atoms with van der Waals surface area (Å²) < 4.78 is 23.0. The standard InChI is InChI=1S/C31H32N4O6/c1-38-27-17-24-26(18-28(27)39-16-15-25(32)31(37)41-22-9-5-6-10-22)33-19-34-30(24)40-23-13-11-21(12-14-23)35-29(36)20-7-3-2-4-8-20/h2-4,7-8,11-14,17-19,22,25H,5-6,9-10,15-16,32H2,1H3,(H,35,36)/t25-/m0/s1. The SMILES string of the molecule is COc1cc2c(Oc3ccc(NC(=O)c4ccccc4)cc3)ncnc2cc1OCC[C@H](N)C(=O)OC1CCCC1. The lowest BCUT2D eigenvalue weighted by molar-refractivity contribution is -0.150. The van der Waals surface area contributed by atoms with Crippen molar-refractivity contribution in [1.82, 2.24) is 9.97 Å². The molecule has 0 aliphatic heterocycles. The number of amides is 1. The van der Waals surface area contributed by atoms with E-state index in [1.165, 1.54) is 13.4 Å². The average Bonchev–Trinajstić information content (AvgIpc) is 3.51. The molecule has 4 aromatic rings. The van der Waals surface area contributed by atoms with Crippen molar-refractivity contribution in [3.8, 4) is 23.1 Å². The zero-order valence-corrected chi connectivity index (χ0v) is 22.7. The molecule has 1 aliphatic rings. The molecule has 41 heavy (non-hydrogen) atoms. The monoisotopic (exact) mass is 556 g/mol. The lowest BCUT2D eigenvalue weighted by Crippen LogP contribution is -2.35. The minimum Gasteiger partial charge on any atom is -0.493 e. The molecule has 0 spiro atoms. The molecular formula is C31H32N4O6. The highest BCUT2D eigenvalue weighted by atomic mass is 16.5. The third-order valence-corrected chi connectivity index (χ3v) is 6.82. The van der Waals surface area contributed by atoms with E-state index < -0.39 is 12.0 Å².